The lowest BCUT2D eigenvalue weighted by Gasteiger charge is -2.21. The third kappa shape index (κ3) is 4.78. The SMILES string of the molecule is COc1ccccc1C(C)NC(C)CCS(C)=O. The van der Waals surface area contributed by atoms with Crippen LogP contribution in [0.15, 0.2) is 24.3 Å². The first-order chi connectivity index (χ1) is 8.54. The van der Waals surface area contributed by atoms with Gasteiger partial charge in [0.05, 0.1) is 7.11 Å². The summed E-state index contributed by atoms with van der Waals surface area (Å²) in [4.78, 5) is 0. The van der Waals surface area contributed by atoms with Crippen molar-refractivity contribution < 1.29 is 8.95 Å². The summed E-state index contributed by atoms with van der Waals surface area (Å²) in [6.07, 6.45) is 2.67. The number of hydrogen-bond donors (Lipinski definition) is 1. The predicted molar refractivity (Wildman–Crippen MR) is 77.6 cm³/mol. The average Bonchev–Trinajstić information content (AvgIpc) is 2.36. The largest absolute Gasteiger partial charge is 0.496 e. The van der Waals surface area contributed by atoms with E-state index < -0.39 is 10.8 Å². The Hall–Kier alpha value is -0.870. The molecule has 0 radical (unpaired) electrons. The van der Waals surface area contributed by atoms with Crippen LogP contribution in [0.25, 0.3) is 0 Å². The third-order valence-corrected chi connectivity index (χ3v) is 3.79. The summed E-state index contributed by atoms with van der Waals surface area (Å²) in [5.74, 6) is 1.65. The Labute approximate surface area is 112 Å². The van der Waals surface area contributed by atoms with Gasteiger partial charge in [0.2, 0.25) is 0 Å². The van der Waals surface area contributed by atoms with E-state index in [1.165, 1.54) is 0 Å². The highest BCUT2D eigenvalue weighted by atomic mass is 32.2. The fourth-order valence-electron chi connectivity index (χ4n) is 1.97. The van der Waals surface area contributed by atoms with E-state index in [-0.39, 0.29) is 6.04 Å². The maximum atomic E-state index is 11.1. The van der Waals surface area contributed by atoms with Crippen LogP contribution in [0.1, 0.15) is 31.9 Å². The van der Waals surface area contributed by atoms with Gasteiger partial charge in [-0.15, -0.1) is 0 Å². The molecule has 3 nitrogen and oxygen atoms in total. The standard InChI is InChI=1S/C14H23NO2S/c1-11(9-10-18(4)16)15-12(2)13-7-5-6-8-14(13)17-3/h5-8,11-12,15H,9-10H2,1-4H3. The van der Waals surface area contributed by atoms with Crippen molar-refractivity contribution in [3.63, 3.8) is 0 Å². The monoisotopic (exact) mass is 269 g/mol. The quantitative estimate of drug-likeness (QED) is 0.826. The van der Waals surface area contributed by atoms with Crippen LogP contribution in [0.2, 0.25) is 0 Å². The molecule has 0 aliphatic carbocycles. The lowest BCUT2D eigenvalue weighted by Crippen LogP contribution is -2.30. The molecule has 1 aromatic carbocycles. The van der Waals surface area contributed by atoms with Crippen LogP contribution in [0.5, 0.6) is 5.75 Å². The molecule has 102 valence electrons. The molecular formula is C14H23NO2S. The number of nitrogens with one attached hydrogen (secondary N) is 1. The van der Waals surface area contributed by atoms with Crippen molar-refractivity contribution in [3.05, 3.63) is 29.8 Å². The number of hydrogen-bond acceptors (Lipinski definition) is 3. The second-order valence-electron chi connectivity index (χ2n) is 4.60. The van der Waals surface area contributed by atoms with Gasteiger partial charge in [-0.25, -0.2) is 0 Å². The smallest absolute Gasteiger partial charge is 0.123 e. The highest BCUT2D eigenvalue weighted by molar-refractivity contribution is 7.84. The number of para-hydroxylation sites is 1. The van der Waals surface area contributed by atoms with Crippen molar-refractivity contribution in [3.8, 4) is 5.75 Å². The average molecular weight is 269 g/mol. The summed E-state index contributed by atoms with van der Waals surface area (Å²) in [7, 11) is 0.974. The number of ether oxygens (including phenoxy) is 1. The van der Waals surface area contributed by atoms with Gasteiger partial charge < -0.3 is 10.1 Å². The number of methoxy groups -OCH3 is 1. The minimum Gasteiger partial charge on any atom is -0.496 e. The fourth-order valence-corrected chi connectivity index (χ4v) is 2.65. The second kappa shape index (κ2) is 7.54. The summed E-state index contributed by atoms with van der Waals surface area (Å²) in [5.41, 5.74) is 1.16. The van der Waals surface area contributed by atoms with Crippen LogP contribution in [0.4, 0.5) is 0 Å². The highest BCUT2D eigenvalue weighted by Crippen LogP contribution is 2.24. The van der Waals surface area contributed by atoms with E-state index in [1.54, 1.807) is 13.4 Å². The zero-order valence-electron chi connectivity index (χ0n) is 11.6. The first kappa shape index (κ1) is 15.2. The zero-order chi connectivity index (χ0) is 13.5. The minimum absolute atomic E-state index is 0.224. The Bertz CT molecular complexity index is 395. The summed E-state index contributed by atoms with van der Waals surface area (Å²) in [6.45, 7) is 4.25. The lowest BCUT2D eigenvalue weighted by atomic mass is 10.1. The lowest BCUT2D eigenvalue weighted by molar-refractivity contribution is 0.394. The Balaban J connectivity index is 2.58. The van der Waals surface area contributed by atoms with Crippen LogP contribution < -0.4 is 10.1 Å². The molecule has 0 aliphatic heterocycles. The molecule has 0 amide bonds. The van der Waals surface area contributed by atoms with Gasteiger partial charge in [-0.1, -0.05) is 18.2 Å². The molecule has 0 saturated heterocycles. The van der Waals surface area contributed by atoms with Gasteiger partial charge in [0, 0.05) is 40.5 Å². The molecule has 4 heteroatoms. The molecule has 0 saturated carbocycles. The zero-order valence-corrected chi connectivity index (χ0v) is 12.4. The maximum Gasteiger partial charge on any atom is 0.123 e. The van der Waals surface area contributed by atoms with E-state index >= 15 is 0 Å². The Morgan fingerprint density at radius 2 is 2.00 bits per heavy atom. The first-order valence-corrected chi connectivity index (χ1v) is 7.96. The van der Waals surface area contributed by atoms with Crippen LogP contribution in [-0.2, 0) is 10.8 Å². The van der Waals surface area contributed by atoms with Crippen LogP contribution in [0.3, 0.4) is 0 Å². The van der Waals surface area contributed by atoms with E-state index in [0.717, 1.165) is 23.5 Å². The van der Waals surface area contributed by atoms with Crippen LogP contribution in [-0.4, -0.2) is 29.4 Å². The predicted octanol–water partition coefficient (Wildman–Crippen LogP) is 2.50. The molecule has 0 heterocycles. The minimum atomic E-state index is -0.716. The summed E-state index contributed by atoms with van der Waals surface area (Å²) in [6, 6.07) is 8.59. The molecule has 1 N–H and O–H groups in total. The van der Waals surface area contributed by atoms with Gasteiger partial charge in [0.1, 0.15) is 5.75 Å². The maximum absolute atomic E-state index is 11.1. The van der Waals surface area contributed by atoms with Gasteiger partial charge in [0.15, 0.2) is 0 Å². The van der Waals surface area contributed by atoms with E-state index in [1.807, 2.05) is 18.2 Å². The second-order valence-corrected chi connectivity index (χ2v) is 6.15. The van der Waals surface area contributed by atoms with Crippen molar-refractivity contribution in [1.82, 2.24) is 5.32 Å². The van der Waals surface area contributed by atoms with Crippen LogP contribution in [0, 0.1) is 0 Å². The van der Waals surface area contributed by atoms with Crippen molar-refractivity contribution in [2.24, 2.45) is 0 Å². The van der Waals surface area contributed by atoms with Crippen molar-refractivity contribution in [2.45, 2.75) is 32.4 Å². The molecule has 0 aromatic heterocycles. The van der Waals surface area contributed by atoms with Crippen molar-refractivity contribution >= 4 is 10.8 Å². The van der Waals surface area contributed by atoms with E-state index in [2.05, 4.69) is 25.2 Å². The van der Waals surface area contributed by atoms with Crippen LogP contribution >= 0.6 is 0 Å². The first-order valence-electron chi connectivity index (χ1n) is 6.23. The van der Waals surface area contributed by atoms with Gasteiger partial charge in [-0.3, -0.25) is 4.21 Å². The Morgan fingerprint density at radius 3 is 2.61 bits per heavy atom. The summed E-state index contributed by atoms with van der Waals surface area (Å²) < 4.78 is 16.4. The number of benzene rings is 1. The molecule has 1 aromatic rings. The summed E-state index contributed by atoms with van der Waals surface area (Å²) in [5, 5.41) is 3.51. The molecule has 18 heavy (non-hydrogen) atoms. The molecule has 1 rings (SSSR count). The van der Waals surface area contributed by atoms with Crippen molar-refractivity contribution in [1.29, 1.82) is 0 Å². The molecule has 3 unspecified atom stereocenters. The number of rotatable bonds is 7. The van der Waals surface area contributed by atoms with E-state index in [0.29, 0.717) is 6.04 Å². The highest BCUT2D eigenvalue weighted by Gasteiger charge is 2.13. The normalized spacial score (nSPS) is 16.0. The van der Waals surface area contributed by atoms with E-state index in [9.17, 15) is 4.21 Å². The summed E-state index contributed by atoms with van der Waals surface area (Å²) >= 11 is 0. The molecule has 0 spiro atoms. The fraction of sp³-hybridized carbons (Fsp3) is 0.571. The van der Waals surface area contributed by atoms with Gasteiger partial charge in [-0.2, -0.15) is 0 Å². The topological polar surface area (TPSA) is 38.3 Å². The Morgan fingerprint density at radius 1 is 1.33 bits per heavy atom. The molecular weight excluding hydrogens is 246 g/mol. The van der Waals surface area contributed by atoms with E-state index in [4.69, 9.17) is 4.74 Å². The van der Waals surface area contributed by atoms with Gasteiger partial charge >= 0.3 is 0 Å². The molecule has 0 aliphatic rings. The third-order valence-electron chi connectivity index (χ3n) is 2.98. The van der Waals surface area contributed by atoms with Gasteiger partial charge in [-0.05, 0) is 26.3 Å². The Kier molecular flexibility index (Phi) is 6.36. The van der Waals surface area contributed by atoms with Crippen molar-refractivity contribution in [2.75, 3.05) is 19.1 Å². The molecule has 3 atom stereocenters. The molecule has 0 fully saturated rings. The van der Waals surface area contributed by atoms with Gasteiger partial charge in [0.25, 0.3) is 0 Å². The molecule has 0 bridgehead atoms.